The highest BCUT2D eigenvalue weighted by molar-refractivity contribution is 8.13. The fourth-order valence-corrected chi connectivity index (χ4v) is 4.75. The van der Waals surface area contributed by atoms with Crippen molar-refractivity contribution in [3.05, 3.63) is 53.1 Å². The highest BCUT2D eigenvalue weighted by Crippen LogP contribution is 2.49. The maximum absolute atomic E-state index is 14.7. The molecule has 26 heavy (non-hydrogen) atoms. The van der Waals surface area contributed by atoms with E-state index >= 15 is 0 Å². The van der Waals surface area contributed by atoms with Crippen molar-refractivity contribution in [1.29, 1.82) is 5.26 Å². The number of halogens is 1. The first-order valence-electron chi connectivity index (χ1n) is 8.30. The van der Waals surface area contributed by atoms with Crippen LogP contribution >= 0.6 is 11.8 Å². The summed E-state index contributed by atoms with van der Waals surface area (Å²) >= 11 is 1.48. The molecule has 2 aliphatic rings. The molecule has 2 N–H and O–H groups in total. The second-order valence-corrected chi connectivity index (χ2v) is 7.71. The Bertz CT molecular complexity index is 921. The summed E-state index contributed by atoms with van der Waals surface area (Å²) in [5.74, 6) is 0.383. The van der Waals surface area contributed by atoms with Crippen molar-refractivity contribution in [2.45, 2.75) is 18.1 Å². The van der Waals surface area contributed by atoms with Crippen LogP contribution in [0.3, 0.4) is 0 Å². The smallest absolute Gasteiger partial charge is 0.154 e. The summed E-state index contributed by atoms with van der Waals surface area (Å²) in [5, 5.41) is 13.8. The maximum atomic E-state index is 14.7. The number of aliphatic imine (C=N–C) groups is 1. The van der Waals surface area contributed by atoms with E-state index in [0.717, 1.165) is 11.3 Å². The Labute approximate surface area is 154 Å². The van der Waals surface area contributed by atoms with Gasteiger partial charge in [-0.1, -0.05) is 11.8 Å². The second-order valence-electron chi connectivity index (χ2n) is 6.67. The van der Waals surface area contributed by atoms with Crippen molar-refractivity contribution in [2.75, 3.05) is 12.4 Å². The number of hydrogen-bond donors (Lipinski definition) is 1. The van der Waals surface area contributed by atoms with E-state index in [1.165, 1.54) is 23.9 Å². The maximum Gasteiger partial charge on any atom is 0.154 e. The average Bonchev–Trinajstić information content (AvgIpc) is 3.08. The van der Waals surface area contributed by atoms with Gasteiger partial charge >= 0.3 is 0 Å². The monoisotopic (exact) mass is 371 g/mol. The van der Waals surface area contributed by atoms with Crippen LogP contribution in [0.25, 0.3) is 0 Å². The third-order valence-electron chi connectivity index (χ3n) is 5.08. The van der Waals surface area contributed by atoms with Gasteiger partial charge in [0.15, 0.2) is 5.17 Å². The molecule has 134 valence electrons. The van der Waals surface area contributed by atoms with Crippen LogP contribution in [0.4, 0.5) is 4.39 Å². The second kappa shape index (κ2) is 6.41. The zero-order chi connectivity index (χ0) is 18.3. The fourth-order valence-electron chi connectivity index (χ4n) is 3.73. The first kappa shape index (κ1) is 17.1. The number of amidine groups is 1. The van der Waals surface area contributed by atoms with Crippen LogP contribution < -0.4 is 5.73 Å². The molecule has 0 bridgehead atoms. The van der Waals surface area contributed by atoms with Gasteiger partial charge in [-0.25, -0.2) is 9.38 Å². The molecule has 4 rings (SSSR count). The number of nitrogens with two attached hydrogens (primary N) is 1. The quantitative estimate of drug-likeness (QED) is 0.876. The van der Waals surface area contributed by atoms with Gasteiger partial charge in [-0.05, 0) is 24.6 Å². The van der Waals surface area contributed by atoms with Gasteiger partial charge in [0, 0.05) is 36.0 Å². The Morgan fingerprint density at radius 3 is 3.08 bits per heavy atom. The van der Waals surface area contributed by atoms with E-state index in [9.17, 15) is 9.65 Å². The van der Waals surface area contributed by atoms with Crippen LogP contribution in [0, 0.1) is 23.1 Å². The van der Waals surface area contributed by atoms with E-state index in [4.69, 9.17) is 10.5 Å². The number of nitriles is 1. The summed E-state index contributed by atoms with van der Waals surface area (Å²) in [6, 6.07) is 6.43. The minimum Gasteiger partial charge on any atom is -0.379 e. The number of ether oxygens (including phenoxy) is 1. The number of thioether (sulfide) groups is 1. The first-order valence-corrected chi connectivity index (χ1v) is 9.29. The third kappa shape index (κ3) is 2.77. The minimum atomic E-state index is -0.898. The van der Waals surface area contributed by atoms with Crippen LogP contribution in [-0.2, 0) is 17.3 Å². The van der Waals surface area contributed by atoms with E-state index in [-0.39, 0.29) is 24.4 Å². The highest BCUT2D eigenvalue weighted by atomic mass is 32.2. The van der Waals surface area contributed by atoms with Crippen LogP contribution in [0.1, 0.15) is 29.2 Å². The van der Waals surface area contributed by atoms with Gasteiger partial charge in [-0.3, -0.25) is 4.68 Å². The summed E-state index contributed by atoms with van der Waals surface area (Å²) < 4.78 is 22.6. The molecule has 2 aromatic rings. The molecule has 1 fully saturated rings. The van der Waals surface area contributed by atoms with E-state index in [1.807, 2.05) is 13.2 Å². The van der Waals surface area contributed by atoms with Crippen LogP contribution in [0.15, 0.2) is 35.6 Å². The van der Waals surface area contributed by atoms with Gasteiger partial charge < -0.3 is 10.5 Å². The molecular formula is C18H18FN5OS. The van der Waals surface area contributed by atoms with Crippen LogP contribution in [-0.4, -0.2) is 27.3 Å². The van der Waals surface area contributed by atoms with Gasteiger partial charge in [0.1, 0.15) is 11.4 Å². The molecule has 1 saturated heterocycles. The van der Waals surface area contributed by atoms with Gasteiger partial charge in [0.2, 0.25) is 0 Å². The molecule has 2 aliphatic heterocycles. The van der Waals surface area contributed by atoms with Crippen molar-refractivity contribution in [3.8, 4) is 6.07 Å². The number of fused-ring (bicyclic) bond motifs is 1. The SMILES string of the molecule is Cn1cc(C2CC3CSC(N)=NC3(c3cc(C#N)ccc3F)CO2)cn1. The Morgan fingerprint density at radius 1 is 1.50 bits per heavy atom. The molecular weight excluding hydrogens is 353 g/mol. The molecule has 0 aliphatic carbocycles. The number of nitrogens with zero attached hydrogens (tertiary/aromatic N) is 4. The number of aryl methyl sites for hydroxylation is 1. The molecule has 3 atom stereocenters. The highest BCUT2D eigenvalue weighted by Gasteiger charge is 2.49. The van der Waals surface area contributed by atoms with Crippen molar-refractivity contribution in [3.63, 3.8) is 0 Å². The van der Waals surface area contributed by atoms with E-state index in [1.54, 1.807) is 16.9 Å². The molecule has 3 heterocycles. The summed E-state index contributed by atoms with van der Waals surface area (Å²) in [7, 11) is 1.86. The molecule has 0 spiro atoms. The van der Waals surface area contributed by atoms with Gasteiger partial charge in [-0.2, -0.15) is 10.4 Å². The molecule has 6 nitrogen and oxygen atoms in total. The summed E-state index contributed by atoms with van der Waals surface area (Å²) in [4.78, 5) is 4.64. The number of rotatable bonds is 2. The largest absolute Gasteiger partial charge is 0.379 e. The Kier molecular flexibility index (Phi) is 4.21. The van der Waals surface area contributed by atoms with E-state index < -0.39 is 5.54 Å². The lowest BCUT2D eigenvalue weighted by Gasteiger charge is -2.46. The van der Waals surface area contributed by atoms with Crippen molar-refractivity contribution in [2.24, 2.45) is 23.7 Å². The van der Waals surface area contributed by atoms with Crippen LogP contribution in [0.2, 0.25) is 0 Å². The summed E-state index contributed by atoms with van der Waals surface area (Å²) in [6.45, 7) is 0.213. The average molecular weight is 371 g/mol. The lowest BCUT2D eigenvalue weighted by atomic mass is 9.74. The Balaban J connectivity index is 1.75. The minimum absolute atomic E-state index is 0.0437. The predicted octanol–water partition coefficient (Wildman–Crippen LogP) is 2.47. The Hall–Kier alpha value is -2.37. The zero-order valence-corrected chi connectivity index (χ0v) is 15.0. The molecule has 0 saturated carbocycles. The molecule has 0 amide bonds. The molecule has 3 unspecified atom stereocenters. The zero-order valence-electron chi connectivity index (χ0n) is 14.2. The topological polar surface area (TPSA) is 89.2 Å². The van der Waals surface area contributed by atoms with E-state index in [2.05, 4.69) is 16.2 Å². The van der Waals surface area contributed by atoms with Crippen molar-refractivity contribution in [1.82, 2.24) is 9.78 Å². The third-order valence-corrected chi connectivity index (χ3v) is 6.04. The molecule has 0 radical (unpaired) electrons. The van der Waals surface area contributed by atoms with Crippen molar-refractivity contribution >= 4 is 16.9 Å². The van der Waals surface area contributed by atoms with Crippen LogP contribution in [0.5, 0.6) is 0 Å². The molecule has 1 aromatic carbocycles. The van der Waals surface area contributed by atoms with Gasteiger partial charge in [0.05, 0.1) is 30.5 Å². The normalized spacial score (nSPS) is 28.1. The van der Waals surface area contributed by atoms with E-state index in [0.29, 0.717) is 22.7 Å². The Morgan fingerprint density at radius 2 is 2.35 bits per heavy atom. The first-order chi connectivity index (χ1) is 12.5. The molecule has 1 aromatic heterocycles. The lowest BCUT2D eigenvalue weighted by Crippen LogP contribution is -2.48. The number of benzene rings is 1. The summed E-state index contributed by atoms with van der Waals surface area (Å²) in [5.41, 5.74) is 6.88. The summed E-state index contributed by atoms with van der Waals surface area (Å²) in [6.07, 6.45) is 4.30. The molecule has 8 heteroatoms. The van der Waals surface area contributed by atoms with Gasteiger partial charge in [0.25, 0.3) is 0 Å². The predicted molar refractivity (Wildman–Crippen MR) is 96.9 cm³/mol. The van der Waals surface area contributed by atoms with Gasteiger partial charge in [-0.15, -0.1) is 0 Å². The standard InChI is InChI=1S/C18H18FN5OS/c1-24-8-12(7-22-24)16-5-13-9-26-17(21)23-18(13,10-25-16)14-4-11(6-20)2-3-15(14)19/h2-4,7-8,13,16H,5,9-10H2,1H3,(H2,21,23). The fraction of sp³-hybridized carbons (Fsp3) is 0.389. The number of hydrogen-bond acceptors (Lipinski definition) is 6. The number of aromatic nitrogens is 2. The lowest BCUT2D eigenvalue weighted by molar-refractivity contribution is -0.0587. The van der Waals surface area contributed by atoms with Crippen molar-refractivity contribution < 1.29 is 9.13 Å².